The van der Waals surface area contributed by atoms with E-state index in [-0.39, 0.29) is 68.0 Å². The highest BCUT2D eigenvalue weighted by Crippen LogP contribution is 2.39. The SMILES string of the molecule is CCC1C=C(C)CC(C)CC(OC)C2OC(O)(C(=O)C(=O)N3CCCCC3C(=O)OC(C(C)=CC3CCC(OCC(=O)c4ccc(C)cc4)C(OC)C3)C(C)C(O)CC1=O)C(C)CC2OC. The molecule has 2 N–H and O–H groups in total. The number of aliphatic hydroxyl groups excluding tert-OH is 1. The molecule has 2 saturated heterocycles. The summed E-state index contributed by atoms with van der Waals surface area (Å²) in [5, 5.41) is 24.0. The second-order valence-electron chi connectivity index (χ2n) is 19.7. The molecule has 5 rings (SSSR count). The summed E-state index contributed by atoms with van der Waals surface area (Å²) in [6.45, 7) is 13.1. The van der Waals surface area contributed by atoms with E-state index >= 15 is 0 Å². The van der Waals surface area contributed by atoms with Gasteiger partial charge >= 0.3 is 5.97 Å². The highest BCUT2D eigenvalue weighted by Gasteiger charge is 2.56. The Kier molecular flexibility index (Phi) is 19.5. The zero-order chi connectivity index (χ0) is 48.5. The summed E-state index contributed by atoms with van der Waals surface area (Å²) in [5.41, 5.74) is 3.28. The quantitative estimate of drug-likeness (QED) is 0.110. The van der Waals surface area contributed by atoms with E-state index in [4.69, 9.17) is 28.4 Å². The van der Waals surface area contributed by atoms with Crippen LogP contribution in [0.25, 0.3) is 0 Å². The van der Waals surface area contributed by atoms with Gasteiger partial charge in [-0.25, -0.2) is 4.79 Å². The average molecular weight is 924 g/mol. The molecule has 0 aromatic heterocycles. The molecule has 1 saturated carbocycles. The Morgan fingerprint density at radius 3 is 2.20 bits per heavy atom. The van der Waals surface area contributed by atoms with Gasteiger partial charge in [0.2, 0.25) is 5.79 Å². The third kappa shape index (κ3) is 12.9. The lowest BCUT2D eigenvalue weighted by atomic mass is 9.81. The first-order valence-electron chi connectivity index (χ1n) is 24.2. The van der Waals surface area contributed by atoms with Crippen LogP contribution >= 0.6 is 0 Å². The van der Waals surface area contributed by atoms with Crippen molar-refractivity contribution < 1.29 is 62.6 Å². The largest absolute Gasteiger partial charge is 0.456 e. The molecule has 2 bridgehead atoms. The first-order chi connectivity index (χ1) is 31.3. The standard InChI is InChI=1S/C52H77NO13/c1-11-37-23-31(3)22-32(4)24-45(62-9)48-46(63-10)26-34(6)52(60,66-48)49(57)50(58)53-21-13-12-14-39(53)51(59)65-47(35(7)40(54)28-41(37)55)33(5)25-36-17-20-43(44(27-36)61-8)64-29-42(56)38-18-15-30(2)16-19-38/h15-16,18-19,23,25,32,34-37,39-40,43-48,54,60H,11-14,17,20-22,24,26-29H2,1-10H3. The number of nitrogens with zero attached hydrogens (tertiary/aromatic N) is 1. The van der Waals surface area contributed by atoms with Gasteiger partial charge in [0.15, 0.2) is 5.78 Å². The Balaban J connectivity index is 1.45. The summed E-state index contributed by atoms with van der Waals surface area (Å²) in [5.74, 6) is -7.80. The van der Waals surface area contributed by atoms with Crippen molar-refractivity contribution in [3.05, 3.63) is 58.7 Å². The van der Waals surface area contributed by atoms with Crippen LogP contribution in [-0.4, -0.2) is 133 Å². The first kappa shape index (κ1) is 53.3. The van der Waals surface area contributed by atoms with E-state index in [2.05, 4.69) is 6.92 Å². The summed E-state index contributed by atoms with van der Waals surface area (Å²) >= 11 is 0. The molecular formula is C52H77NO13. The molecule has 66 heavy (non-hydrogen) atoms. The number of aryl methyl sites for hydroxylation is 1. The lowest BCUT2D eigenvalue weighted by Gasteiger charge is -2.47. The van der Waals surface area contributed by atoms with Crippen molar-refractivity contribution in [2.45, 2.75) is 174 Å². The van der Waals surface area contributed by atoms with E-state index in [1.165, 1.54) is 19.1 Å². The number of amides is 1. The highest BCUT2D eigenvalue weighted by atomic mass is 16.7. The van der Waals surface area contributed by atoms with Gasteiger partial charge in [0.1, 0.15) is 30.6 Å². The molecule has 3 aliphatic heterocycles. The van der Waals surface area contributed by atoms with Crippen LogP contribution in [-0.2, 0) is 47.6 Å². The maximum Gasteiger partial charge on any atom is 0.329 e. The average Bonchev–Trinajstić information content (AvgIpc) is 3.30. The molecule has 14 heteroatoms. The Morgan fingerprint density at radius 1 is 0.879 bits per heavy atom. The van der Waals surface area contributed by atoms with Crippen LogP contribution in [0.5, 0.6) is 0 Å². The first-order valence-corrected chi connectivity index (χ1v) is 24.2. The molecule has 4 aliphatic rings. The number of hydrogen-bond acceptors (Lipinski definition) is 13. The van der Waals surface area contributed by atoms with Crippen molar-refractivity contribution >= 4 is 29.2 Å². The highest BCUT2D eigenvalue weighted by molar-refractivity contribution is 6.39. The minimum Gasteiger partial charge on any atom is -0.456 e. The Hall–Kier alpha value is -3.63. The van der Waals surface area contributed by atoms with E-state index < -0.39 is 77.8 Å². The summed E-state index contributed by atoms with van der Waals surface area (Å²) in [6, 6.07) is 6.22. The molecule has 14 unspecified atom stereocenters. The summed E-state index contributed by atoms with van der Waals surface area (Å²) < 4.78 is 36.4. The van der Waals surface area contributed by atoms with E-state index in [0.717, 1.165) is 11.1 Å². The van der Waals surface area contributed by atoms with Crippen molar-refractivity contribution in [1.82, 2.24) is 4.90 Å². The number of Topliss-reactive ketones (excluding diaryl/α,β-unsaturated/α-hetero) is 3. The number of hydrogen-bond donors (Lipinski definition) is 2. The monoisotopic (exact) mass is 924 g/mol. The zero-order valence-corrected chi connectivity index (χ0v) is 41.0. The van der Waals surface area contributed by atoms with Gasteiger partial charge in [-0.05, 0) is 102 Å². The summed E-state index contributed by atoms with van der Waals surface area (Å²) in [7, 11) is 4.68. The van der Waals surface area contributed by atoms with Crippen LogP contribution in [0.2, 0.25) is 0 Å². The molecule has 14 atom stereocenters. The van der Waals surface area contributed by atoms with E-state index in [9.17, 15) is 34.2 Å². The Labute approximate surface area is 392 Å². The number of benzene rings is 1. The van der Waals surface area contributed by atoms with Crippen LogP contribution < -0.4 is 0 Å². The van der Waals surface area contributed by atoms with Crippen molar-refractivity contribution in [2.24, 2.45) is 29.6 Å². The van der Waals surface area contributed by atoms with Gasteiger partial charge in [-0.1, -0.05) is 75.2 Å². The molecule has 14 nitrogen and oxygen atoms in total. The van der Waals surface area contributed by atoms with Gasteiger partial charge in [-0.2, -0.15) is 0 Å². The number of piperidine rings is 1. The second-order valence-corrected chi connectivity index (χ2v) is 19.7. The number of carbonyl (C=O) groups excluding carboxylic acids is 5. The number of fused-ring (bicyclic) bond motifs is 3. The van der Waals surface area contributed by atoms with E-state index in [1.807, 2.05) is 52.0 Å². The number of ketones is 3. The predicted octanol–water partition coefficient (Wildman–Crippen LogP) is 6.69. The number of aliphatic hydroxyl groups is 2. The fourth-order valence-corrected chi connectivity index (χ4v) is 10.6. The molecule has 368 valence electrons. The van der Waals surface area contributed by atoms with Crippen LogP contribution in [0.4, 0.5) is 0 Å². The van der Waals surface area contributed by atoms with Crippen LogP contribution in [0.15, 0.2) is 47.6 Å². The molecular weight excluding hydrogens is 847 g/mol. The lowest BCUT2D eigenvalue weighted by molar-refractivity contribution is -0.302. The van der Waals surface area contributed by atoms with Crippen molar-refractivity contribution in [3.8, 4) is 0 Å². The number of ether oxygens (including phenoxy) is 6. The second kappa shape index (κ2) is 24.1. The van der Waals surface area contributed by atoms with Gasteiger partial charge in [-0.15, -0.1) is 0 Å². The predicted molar refractivity (Wildman–Crippen MR) is 247 cm³/mol. The van der Waals surface area contributed by atoms with Gasteiger partial charge < -0.3 is 43.5 Å². The molecule has 1 aliphatic carbocycles. The number of rotatable bonds is 10. The van der Waals surface area contributed by atoms with Gasteiger partial charge in [0.05, 0.1) is 30.5 Å². The Bertz CT molecular complexity index is 1900. The summed E-state index contributed by atoms with van der Waals surface area (Å²) in [6.07, 6.45) is 3.89. The molecule has 0 spiro atoms. The third-order valence-corrected chi connectivity index (χ3v) is 14.7. The number of cyclic esters (lactones) is 1. The zero-order valence-electron chi connectivity index (χ0n) is 41.0. The molecule has 1 aromatic carbocycles. The van der Waals surface area contributed by atoms with E-state index in [0.29, 0.717) is 62.5 Å². The third-order valence-electron chi connectivity index (χ3n) is 14.7. The van der Waals surface area contributed by atoms with Crippen LogP contribution in [0.3, 0.4) is 0 Å². The molecule has 3 heterocycles. The number of esters is 1. The fourth-order valence-electron chi connectivity index (χ4n) is 10.6. The van der Waals surface area contributed by atoms with Gasteiger partial charge in [-0.3, -0.25) is 19.2 Å². The molecule has 3 fully saturated rings. The van der Waals surface area contributed by atoms with Gasteiger partial charge in [0, 0.05) is 57.6 Å². The topological polar surface area (TPSA) is 184 Å². The molecule has 1 aromatic rings. The van der Waals surface area contributed by atoms with Crippen molar-refractivity contribution in [3.63, 3.8) is 0 Å². The van der Waals surface area contributed by atoms with Gasteiger partial charge in [0.25, 0.3) is 11.7 Å². The number of methoxy groups -OCH3 is 3. The Morgan fingerprint density at radius 2 is 1.55 bits per heavy atom. The smallest absolute Gasteiger partial charge is 0.329 e. The molecule has 1 amide bonds. The maximum absolute atomic E-state index is 14.5. The number of carbonyl (C=O) groups is 5. The molecule has 0 radical (unpaired) electrons. The van der Waals surface area contributed by atoms with E-state index in [1.54, 1.807) is 33.1 Å². The maximum atomic E-state index is 14.5. The number of allylic oxidation sites excluding steroid dienone is 3. The van der Waals surface area contributed by atoms with Crippen molar-refractivity contribution in [1.29, 1.82) is 0 Å². The lowest BCUT2D eigenvalue weighted by Crippen LogP contribution is -2.64. The van der Waals surface area contributed by atoms with Crippen LogP contribution in [0, 0.1) is 36.5 Å². The van der Waals surface area contributed by atoms with Crippen molar-refractivity contribution in [2.75, 3.05) is 34.5 Å². The minimum atomic E-state index is -2.52. The van der Waals surface area contributed by atoms with Crippen LogP contribution in [0.1, 0.15) is 128 Å². The fraction of sp³-hybridized carbons (Fsp3) is 0.712. The minimum absolute atomic E-state index is 0.0206. The summed E-state index contributed by atoms with van der Waals surface area (Å²) in [4.78, 5) is 71.3. The normalized spacial score (nSPS) is 36.2.